The molecule has 0 atom stereocenters. The van der Waals surface area contributed by atoms with E-state index in [1.165, 1.54) is 12.1 Å². The van der Waals surface area contributed by atoms with Gasteiger partial charge in [-0.2, -0.15) is 13.2 Å². The minimum absolute atomic E-state index is 0.0871. The Hall–Kier alpha value is -1.34. The first-order valence-corrected chi connectivity index (χ1v) is 6.55. The zero-order chi connectivity index (χ0) is 15.9. The molecule has 0 aromatic heterocycles. The maximum Gasteiger partial charge on any atom is 0.411 e. The van der Waals surface area contributed by atoms with Crippen LogP contribution in [0, 0.1) is 11.7 Å². The quantitative estimate of drug-likeness (QED) is 0.453. The summed E-state index contributed by atoms with van der Waals surface area (Å²) in [6, 6.07) is 4.35. The van der Waals surface area contributed by atoms with Crippen LogP contribution in [0.4, 0.5) is 17.6 Å². The number of ether oxygens (including phenoxy) is 2. The molecule has 0 spiro atoms. The highest BCUT2D eigenvalue weighted by molar-refractivity contribution is 5.34. The second-order valence-electron chi connectivity index (χ2n) is 4.98. The maximum absolute atomic E-state index is 13.7. The molecule has 1 aromatic rings. The van der Waals surface area contributed by atoms with Crippen LogP contribution in [0.5, 0.6) is 5.75 Å². The lowest BCUT2D eigenvalue weighted by molar-refractivity contribution is -0.187. The SMILES string of the molecule is CC(C)CNCc1cccc(F)c1OCOCC(F)(F)F. The average molecular weight is 309 g/mol. The van der Waals surface area contributed by atoms with E-state index in [0.717, 1.165) is 6.54 Å². The Kier molecular flexibility index (Phi) is 6.91. The van der Waals surface area contributed by atoms with Gasteiger partial charge in [0.1, 0.15) is 6.61 Å². The molecular weight excluding hydrogens is 290 g/mol. The van der Waals surface area contributed by atoms with Crippen LogP contribution in [0.25, 0.3) is 0 Å². The van der Waals surface area contributed by atoms with Crippen LogP contribution < -0.4 is 10.1 Å². The fraction of sp³-hybridized carbons (Fsp3) is 0.571. The largest absolute Gasteiger partial charge is 0.464 e. The number of alkyl halides is 3. The van der Waals surface area contributed by atoms with Gasteiger partial charge in [-0.3, -0.25) is 0 Å². The molecule has 0 aliphatic rings. The normalized spacial score (nSPS) is 12.0. The highest BCUT2D eigenvalue weighted by Gasteiger charge is 2.27. The third-order valence-electron chi connectivity index (χ3n) is 2.47. The van der Waals surface area contributed by atoms with Crippen molar-refractivity contribution in [2.45, 2.75) is 26.6 Å². The van der Waals surface area contributed by atoms with Crippen LogP contribution >= 0.6 is 0 Å². The van der Waals surface area contributed by atoms with Gasteiger partial charge in [-0.05, 0) is 18.5 Å². The van der Waals surface area contributed by atoms with Crippen molar-refractivity contribution in [1.29, 1.82) is 0 Å². The lowest BCUT2D eigenvalue weighted by Gasteiger charge is -2.14. The second-order valence-corrected chi connectivity index (χ2v) is 4.98. The number of benzene rings is 1. The van der Waals surface area contributed by atoms with Gasteiger partial charge in [-0.25, -0.2) is 4.39 Å². The van der Waals surface area contributed by atoms with Crippen LogP contribution in [0.2, 0.25) is 0 Å². The number of hydrogen-bond acceptors (Lipinski definition) is 3. The molecule has 7 heteroatoms. The molecule has 0 aliphatic carbocycles. The topological polar surface area (TPSA) is 30.5 Å². The minimum atomic E-state index is -4.43. The first kappa shape index (κ1) is 17.7. The molecule has 0 saturated heterocycles. The number of nitrogens with one attached hydrogen (secondary N) is 1. The molecule has 3 nitrogen and oxygen atoms in total. The van der Waals surface area contributed by atoms with E-state index in [4.69, 9.17) is 4.74 Å². The summed E-state index contributed by atoms with van der Waals surface area (Å²) in [4.78, 5) is 0. The van der Waals surface area contributed by atoms with Crippen LogP contribution in [0.3, 0.4) is 0 Å². The van der Waals surface area contributed by atoms with E-state index in [1.54, 1.807) is 6.07 Å². The van der Waals surface area contributed by atoms with Crippen molar-refractivity contribution < 1.29 is 27.0 Å². The molecule has 1 N–H and O–H groups in total. The molecule has 0 heterocycles. The van der Waals surface area contributed by atoms with Crippen LogP contribution in [-0.2, 0) is 11.3 Å². The van der Waals surface area contributed by atoms with Gasteiger partial charge in [-0.15, -0.1) is 0 Å². The van der Waals surface area contributed by atoms with E-state index in [-0.39, 0.29) is 5.75 Å². The van der Waals surface area contributed by atoms with Crippen molar-refractivity contribution in [1.82, 2.24) is 5.32 Å². The Morgan fingerprint density at radius 1 is 1.24 bits per heavy atom. The van der Waals surface area contributed by atoms with Crippen molar-refractivity contribution in [3.05, 3.63) is 29.6 Å². The van der Waals surface area contributed by atoms with Gasteiger partial charge in [0.15, 0.2) is 18.4 Å². The van der Waals surface area contributed by atoms with E-state index < -0.39 is 25.4 Å². The fourth-order valence-electron chi connectivity index (χ4n) is 1.61. The van der Waals surface area contributed by atoms with Crippen LogP contribution in [-0.4, -0.2) is 26.1 Å². The third-order valence-corrected chi connectivity index (χ3v) is 2.47. The van der Waals surface area contributed by atoms with Gasteiger partial charge in [0.2, 0.25) is 0 Å². The fourth-order valence-corrected chi connectivity index (χ4v) is 1.61. The van der Waals surface area contributed by atoms with Crippen molar-refractivity contribution in [2.24, 2.45) is 5.92 Å². The first-order valence-electron chi connectivity index (χ1n) is 6.55. The number of hydrogen-bond donors (Lipinski definition) is 1. The average Bonchev–Trinajstić information content (AvgIpc) is 2.35. The van der Waals surface area contributed by atoms with Gasteiger partial charge in [0, 0.05) is 12.1 Å². The summed E-state index contributed by atoms with van der Waals surface area (Å²) < 4.78 is 58.7. The third kappa shape index (κ3) is 7.29. The molecule has 0 saturated carbocycles. The smallest absolute Gasteiger partial charge is 0.411 e. The highest BCUT2D eigenvalue weighted by atomic mass is 19.4. The maximum atomic E-state index is 13.7. The molecule has 0 amide bonds. The Morgan fingerprint density at radius 3 is 2.57 bits per heavy atom. The van der Waals surface area contributed by atoms with Crippen LogP contribution in [0.1, 0.15) is 19.4 Å². The minimum Gasteiger partial charge on any atom is -0.464 e. The lowest BCUT2D eigenvalue weighted by Crippen LogP contribution is -2.21. The number of halogens is 4. The van der Waals surface area contributed by atoms with Gasteiger partial charge < -0.3 is 14.8 Å². The summed E-state index contributed by atoms with van der Waals surface area (Å²) in [5.74, 6) is -0.288. The van der Waals surface area contributed by atoms with Crippen molar-refractivity contribution in [3.8, 4) is 5.75 Å². The van der Waals surface area contributed by atoms with E-state index in [1.807, 2.05) is 13.8 Å². The molecule has 0 bridgehead atoms. The van der Waals surface area contributed by atoms with E-state index >= 15 is 0 Å². The molecule has 21 heavy (non-hydrogen) atoms. The molecule has 0 unspecified atom stereocenters. The molecular formula is C14H19F4NO2. The predicted molar refractivity (Wildman–Crippen MR) is 70.4 cm³/mol. The summed E-state index contributed by atoms with van der Waals surface area (Å²) in [5, 5.41) is 3.12. The van der Waals surface area contributed by atoms with E-state index in [2.05, 4.69) is 10.1 Å². The molecule has 0 fully saturated rings. The van der Waals surface area contributed by atoms with Gasteiger partial charge in [0.25, 0.3) is 0 Å². The summed E-state index contributed by atoms with van der Waals surface area (Å²) in [6.45, 7) is 3.08. The number of para-hydroxylation sites is 1. The van der Waals surface area contributed by atoms with Crippen molar-refractivity contribution in [2.75, 3.05) is 19.9 Å². The summed E-state index contributed by atoms with van der Waals surface area (Å²) >= 11 is 0. The Labute approximate surface area is 121 Å². The predicted octanol–water partition coefficient (Wildman–Crippen LogP) is 3.49. The summed E-state index contributed by atoms with van der Waals surface area (Å²) in [5.41, 5.74) is 0.534. The first-order chi connectivity index (χ1) is 9.79. The molecule has 1 rings (SSSR count). The van der Waals surface area contributed by atoms with Crippen molar-refractivity contribution in [3.63, 3.8) is 0 Å². The summed E-state index contributed by atoms with van der Waals surface area (Å²) in [7, 11) is 0. The molecule has 120 valence electrons. The van der Waals surface area contributed by atoms with E-state index in [9.17, 15) is 17.6 Å². The Balaban J connectivity index is 2.55. The van der Waals surface area contributed by atoms with Gasteiger partial charge >= 0.3 is 6.18 Å². The summed E-state index contributed by atoms with van der Waals surface area (Å²) in [6.07, 6.45) is -4.43. The number of rotatable bonds is 8. The standard InChI is InChI=1S/C14H19F4NO2/c1-10(2)6-19-7-11-4-3-5-12(15)13(11)21-9-20-8-14(16,17)18/h3-5,10,19H,6-9H2,1-2H3. The second kappa shape index (κ2) is 8.19. The molecule has 0 aliphatic heterocycles. The van der Waals surface area contributed by atoms with Crippen LogP contribution in [0.15, 0.2) is 18.2 Å². The highest BCUT2D eigenvalue weighted by Crippen LogP contribution is 2.23. The Bertz CT molecular complexity index is 435. The zero-order valence-corrected chi connectivity index (χ0v) is 12.0. The lowest BCUT2D eigenvalue weighted by atomic mass is 10.1. The monoisotopic (exact) mass is 309 g/mol. The molecule has 0 radical (unpaired) electrons. The van der Waals surface area contributed by atoms with Gasteiger partial charge in [-0.1, -0.05) is 26.0 Å². The zero-order valence-electron chi connectivity index (χ0n) is 12.0. The Morgan fingerprint density at radius 2 is 1.95 bits per heavy atom. The molecule has 1 aromatic carbocycles. The van der Waals surface area contributed by atoms with Gasteiger partial charge in [0.05, 0.1) is 0 Å². The van der Waals surface area contributed by atoms with E-state index in [0.29, 0.717) is 18.0 Å². The van der Waals surface area contributed by atoms with Crippen molar-refractivity contribution >= 4 is 0 Å².